The lowest BCUT2D eigenvalue weighted by Gasteiger charge is -2.16. The molecule has 1 aromatic carbocycles. The van der Waals surface area contributed by atoms with Crippen molar-refractivity contribution in [3.05, 3.63) is 23.8 Å². The van der Waals surface area contributed by atoms with Crippen LogP contribution in [-0.4, -0.2) is 19.3 Å². The number of hydrogen-bond acceptors (Lipinski definition) is 3. The Labute approximate surface area is 129 Å². The molecule has 0 spiro atoms. The molecule has 2 rings (SSSR count). The standard InChI is InChI=1S/C18H29NO2/c1-4-20-18-11-16(12-19-14(2)3)9-10-17(18)21-13-15-7-5-6-8-15/h9-11,14-15,19H,4-8,12-13H2,1-3H3. The molecule has 3 nitrogen and oxygen atoms in total. The summed E-state index contributed by atoms with van der Waals surface area (Å²) in [7, 11) is 0. The van der Waals surface area contributed by atoms with Gasteiger partial charge in [0, 0.05) is 12.6 Å². The fourth-order valence-electron chi connectivity index (χ4n) is 2.76. The summed E-state index contributed by atoms with van der Waals surface area (Å²) in [5.74, 6) is 2.48. The second-order valence-corrected chi connectivity index (χ2v) is 6.21. The van der Waals surface area contributed by atoms with E-state index in [2.05, 4.69) is 37.4 Å². The maximum Gasteiger partial charge on any atom is 0.161 e. The average molecular weight is 291 g/mol. The van der Waals surface area contributed by atoms with Crippen LogP contribution >= 0.6 is 0 Å². The van der Waals surface area contributed by atoms with Crippen molar-refractivity contribution in [1.82, 2.24) is 5.32 Å². The number of ether oxygens (including phenoxy) is 2. The van der Waals surface area contributed by atoms with E-state index >= 15 is 0 Å². The Morgan fingerprint density at radius 1 is 1.14 bits per heavy atom. The minimum absolute atomic E-state index is 0.485. The summed E-state index contributed by atoms with van der Waals surface area (Å²) in [6, 6.07) is 6.76. The van der Waals surface area contributed by atoms with Crippen molar-refractivity contribution in [2.75, 3.05) is 13.2 Å². The van der Waals surface area contributed by atoms with Gasteiger partial charge in [0.25, 0.3) is 0 Å². The van der Waals surface area contributed by atoms with Gasteiger partial charge in [0.05, 0.1) is 13.2 Å². The van der Waals surface area contributed by atoms with Crippen LogP contribution in [0.4, 0.5) is 0 Å². The summed E-state index contributed by atoms with van der Waals surface area (Å²) >= 11 is 0. The van der Waals surface area contributed by atoms with Gasteiger partial charge in [-0.25, -0.2) is 0 Å². The molecule has 1 aliphatic rings. The Morgan fingerprint density at radius 3 is 2.57 bits per heavy atom. The van der Waals surface area contributed by atoms with Crippen LogP contribution in [0.1, 0.15) is 52.0 Å². The molecule has 0 unspecified atom stereocenters. The normalized spacial score (nSPS) is 15.6. The second-order valence-electron chi connectivity index (χ2n) is 6.21. The molecule has 1 aromatic rings. The van der Waals surface area contributed by atoms with Crippen LogP contribution in [0.2, 0.25) is 0 Å². The fourth-order valence-corrected chi connectivity index (χ4v) is 2.76. The molecular weight excluding hydrogens is 262 g/mol. The molecule has 0 heterocycles. The van der Waals surface area contributed by atoms with Gasteiger partial charge in [0.1, 0.15) is 0 Å². The number of hydrogen-bond donors (Lipinski definition) is 1. The Balaban J connectivity index is 1.97. The molecular formula is C18H29NO2. The van der Waals surface area contributed by atoms with E-state index in [9.17, 15) is 0 Å². The first-order chi connectivity index (χ1) is 10.2. The van der Waals surface area contributed by atoms with Gasteiger partial charge in [-0.3, -0.25) is 0 Å². The smallest absolute Gasteiger partial charge is 0.161 e. The molecule has 0 saturated heterocycles. The van der Waals surface area contributed by atoms with Crippen molar-refractivity contribution in [1.29, 1.82) is 0 Å². The van der Waals surface area contributed by atoms with Gasteiger partial charge >= 0.3 is 0 Å². The maximum atomic E-state index is 6.01. The average Bonchev–Trinajstić information content (AvgIpc) is 2.97. The summed E-state index contributed by atoms with van der Waals surface area (Å²) in [6.45, 7) is 8.68. The fraction of sp³-hybridized carbons (Fsp3) is 0.667. The van der Waals surface area contributed by atoms with Crippen LogP contribution < -0.4 is 14.8 Å². The van der Waals surface area contributed by atoms with Crippen LogP contribution in [0.25, 0.3) is 0 Å². The molecule has 3 heteroatoms. The Kier molecular flexibility index (Phi) is 6.37. The molecule has 1 N–H and O–H groups in total. The van der Waals surface area contributed by atoms with E-state index in [4.69, 9.17) is 9.47 Å². The highest BCUT2D eigenvalue weighted by atomic mass is 16.5. The van der Waals surface area contributed by atoms with Crippen LogP contribution in [0.3, 0.4) is 0 Å². The molecule has 0 aromatic heterocycles. The molecule has 0 radical (unpaired) electrons. The van der Waals surface area contributed by atoms with Crippen molar-refractivity contribution in [3.8, 4) is 11.5 Å². The monoisotopic (exact) mass is 291 g/mol. The third kappa shape index (κ3) is 5.24. The lowest BCUT2D eigenvalue weighted by Crippen LogP contribution is -2.21. The van der Waals surface area contributed by atoms with Crippen LogP contribution in [-0.2, 0) is 6.54 Å². The molecule has 1 aliphatic carbocycles. The van der Waals surface area contributed by atoms with Gasteiger partial charge in [0.2, 0.25) is 0 Å². The van der Waals surface area contributed by atoms with Gasteiger partial charge < -0.3 is 14.8 Å². The summed E-state index contributed by atoms with van der Waals surface area (Å²) in [5, 5.41) is 3.43. The van der Waals surface area contributed by atoms with Crippen molar-refractivity contribution in [2.24, 2.45) is 5.92 Å². The van der Waals surface area contributed by atoms with Crippen LogP contribution in [0, 0.1) is 5.92 Å². The molecule has 1 fully saturated rings. The maximum absolute atomic E-state index is 6.01. The molecule has 0 atom stereocenters. The first kappa shape index (κ1) is 16.2. The number of rotatable bonds is 8. The van der Waals surface area contributed by atoms with Crippen LogP contribution in [0.5, 0.6) is 11.5 Å². The topological polar surface area (TPSA) is 30.5 Å². The highest BCUT2D eigenvalue weighted by molar-refractivity contribution is 5.43. The summed E-state index contributed by atoms with van der Waals surface area (Å²) in [4.78, 5) is 0. The quantitative estimate of drug-likeness (QED) is 0.780. The largest absolute Gasteiger partial charge is 0.490 e. The Hall–Kier alpha value is -1.22. The molecule has 118 valence electrons. The highest BCUT2D eigenvalue weighted by Crippen LogP contribution is 2.31. The first-order valence-electron chi connectivity index (χ1n) is 8.31. The Bertz CT molecular complexity index is 425. The van der Waals surface area contributed by atoms with Crippen LogP contribution in [0.15, 0.2) is 18.2 Å². The van der Waals surface area contributed by atoms with Gasteiger partial charge in [0.15, 0.2) is 11.5 Å². The van der Waals surface area contributed by atoms with Crippen molar-refractivity contribution >= 4 is 0 Å². The zero-order valence-electron chi connectivity index (χ0n) is 13.7. The number of benzene rings is 1. The van der Waals surface area contributed by atoms with Crippen molar-refractivity contribution < 1.29 is 9.47 Å². The second kappa shape index (κ2) is 8.28. The van der Waals surface area contributed by atoms with E-state index in [-0.39, 0.29) is 0 Å². The summed E-state index contributed by atoms with van der Waals surface area (Å²) in [6.07, 6.45) is 5.32. The van der Waals surface area contributed by atoms with E-state index in [1.165, 1.54) is 31.2 Å². The third-order valence-corrected chi connectivity index (χ3v) is 3.97. The SMILES string of the molecule is CCOc1cc(CNC(C)C)ccc1OCC1CCCC1. The number of nitrogens with one attached hydrogen (secondary N) is 1. The zero-order chi connectivity index (χ0) is 15.1. The van der Waals surface area contributed by atoms with Gasteiger partial charge in [-0.05, 0) is 43.4 Å². The first-order valence-corrected chi connectivity index (χ1v) is 8.31. The molecule has 0 amide bonds. The predicted octanol–water partition coefficient (Wildman–Crippen LogP) is 4.15. The highest BCUT2D eigenvalue weighted by Gasteiger charge is 2.16. The summed E-state index contributed by atoms with van der Waals surface area (Å²) < 4.78 is 11.8. The van der Waals surface area contributed by atoms with Gasteiger partial charge in [-0.2, -0.15) is 0 Å². The lowest BCUT2D eigenvalue weighted by atomic mass is 10.1. The van der Waals surface area contributed by atoms with E-state index in [0.29, 0.717) is 12.6 Å². The minimum atomic E-state index is 0.485. The van der Waals surface area contributed by atoms with E-state index < -0.39 is 0 Å². The van der Waals surface area contributed by atoms with Crippen molar-refractivity contribution in [3.63, 3.8) is 0 Å². The van der Waals surface area contributed by atoms with Gasteiger partial charge in [-0.1, -0.05) is 32.8 Å². The predicted molar refractivity (Wildman–Crippen MR) is 87.0 cm³/mol. The molecule has 0 bridgehead atoms. The lowest BCUT2D eigenvalue weighted by molar-refractivity contribution is 0.234. The van der Waals surface area contributed by atoms with E-state index in [1.54, 1.807) is 0 Å². The van der Waals surface area contributed by atoms with Gasteiger partial charge in [-0.15, -0.1) is 0 Å². The Morgan fingerprint density at radius 2 is 1.90 bits per heavy atom. The van der Waals surface area contributed by atoms with Crippen molar-refractivity contribution in [2.45, 2.75) is 59.0 Å². The minimum Gasteiger partial charge on any atom is -0.490 e. The molecule has 1 saturated carbocycles. The van der Waals surface area contributed by atoms with E-state index in [0.717, 1.165) is 30.6 Å². The molecule has 0 aliphatic heterocycles. The molecule has 21 heavy (non-hydrogen) atoms. The third-order valence-electron chi connectivity index (χ3n) is 3.97. The zero-order valence-corrected chi connectivity index (χ0v) is 13.7. The summed E-state index contributed by atoms with van der Waals surface area (Å²) in [5.41, 5.74) is 1.24. The van der Waals surface area contributed by atoms with E-state index in [1.807, 2.05) is 6.92 Å².